The summed E-state index contributed by atoms with van der Waals surface area (Å²) in [6, 6.07) is 4.68. The number of rotatable bonds is 4. The number of hydrogen-bond donors (Lipinski definition) is 1. The second-order valence-corrected chi connectivity index (χ2v) is 5.91. The fourth-order valence-electron chi connectivity index (χ4n) is 2.94. The average molecular weight is 263 g/mol. The lowest BCUT2D eigenvalue weighted by Crippen LogP contribution is -2.39. The Morgan fingerprint density at radius 1 is 1.47 bits per heavy atom. The molecule has 3 heteroatoms. The third kappa shape index (κ3) is 2.71. The summed E-state index contributed by atoms with van der Waals surface area (Å²) in [6.07, 6.45) is 1.22. The van der Waals surface area contributed by atoms with Gasteiger partial charge in [-0.1, -0.05) is 19.9 Å². The molecule has 0 aliphatic carbocycles. The molecule has 1 atom stereocenters. The molecule has 1 aliphatic heterocycles. The van der Waals surface area contributed by atoms with Gasteiger partial charge in [-0.2, -0.15) is 0 Å². The van der Waals surface area contributed by atoms with Crippen LogP contribution in [0.4, 0.5) is 4.39 Å². The zero-order valence-corrected chi connectivity index (χ0v) is 11.9. The molecule has 0 radical (unpaired) electrons. The van der Waals surface area contributed by atoms with Crippen molar-refractivity contribution in [2.24, 2.45) is 11.3 Å². The molecule has 1 saturated heterocycles. The first-order valence-electron chi connectivity index (χ1n) is 6.95. The first-order chi connectivity index (χ1) is 8.95. The van der Waals surface area contributed by atoms with Crippen molar-refractivity contribution < 1.29 is 9.18 Å². The van der Waals surface area contributed by atoms with Crippen LogP contribution in [0, 0.1) is 24.1 Å². The van der Waals surface area contributed by atoms with Gasteiger partial charge in [-0.25, -0.2) is 4.39 Å². The van der Waals surface area contributed by atoms with Crippen LogP contribution in [0.1, 0.15) is 31.4 Å². The van der Waals surface area contributed by atoms with Crippen molar-refractivity contribution in [1.29, 1.82) is 0 Å². The van der Waals surface area contributed by atoms with Gasteiger partial charge in [0.1, 0.15) is 11.6 Å². The molecule has 1 fully saturated rings. The molecule has 1 aromatic rings. The average Bonchev–Trinajstić information content (AvgIpc) is 2.84. The van der Waals surface area contributed by atoms with Gasteiger partial charge < -0.3 is 5.32 Å². The van der Waals surface area contributed by atoms with E-state index in [2.05, 4.69) is 19.2 Å². The van der Waals surface area contributed by atoms with E-state index in [1.54, 1.807) is 6.07 Å². The molecular formula is C16H22FNO. The highest BCUT2D eigenvalue weighted by Crippen LogP contribution is 2.36. The van der Waals surface area contributed by atoms with E-state index in [1.807, 2.05) is 6.92 Å². The van der Waals surface area contributed by atoms with E-state index < -0.39 is 0 Å². The number of carbonyl (C=O) groups is 1. The van der Waals surface area contributed by atoms with Gasteiger partial charge in [-0.05, 0) is 49.1 Å². The van der Waals surface area contributed by atoms with Gasteiger partial charge in [0.15, 0.2) is 0 Å². The summed E-state index contributed by atoms with van der Waals surface area (Å²) < 4.78 is 13.3. The Labute approximate surface area is 114 Å². The molecule has 2 rings (SSSR count). The summed E-state index contributed by atoms with van der Waals surface area (Å²) in [5.41, 5.74) is 1.52. The van der Waals surface area contributed by atoms with E-state index in [-0.39, 0.29) is 17.0 Å². The van der Waals surface area contributed by atoms with Crippen LogP contribution in [0.3, 0.4) is 0 Å². The van der Waals surface area contributed by atoms with Crippen molar-refractivity contribution in [3.05, 3.63) is 35.1 Å². The molecule has 1 heterocycles. The van der Waals surface area contributed by atoms with E-state index >= 15 is 0 Å². The molecule has 1 aliphatic rings. The molecule has 19 heavy (non-hydrogen) atoms. The largest absolute Gasteiger partial charge is 0.316 e. The Morgan fingerprint density at radius 3 is 2.79 bits per heavy atom. The van der Waals surface area contributed by atoms with Crippen molar-refractivity contribution in [3.63, 3.8) is 0 Å². The maximum absolute atomic E-state index is 13.3. The number of carbonyl (C=O) groups excluding carboxylic acids is 1. The summed E-state index contributed by atoms with van der Waals surface area (Å²) in [7, 11) is 0. The molecule has 0 amide bonds. The minimum atomic E-state index is -0.279. The molecule has 1 aromatic carbocycles. The van der Waals surface area contributed by atoms with Crippen LogP contribution in [-0.2, 0) is 11.2 Å². The number of aryl methyl sites for hydroxylation is 1. The lowest BCUT2D eigenvalue weighted by atomic mass is 9.71. The zero-order chi connectivity index (χ0) is 14.0. The predicted octanol–water partition coefficient (Wildman–Crippen LogP) is 2.88. The number of benzene rings is 1. The third-order valence-electron chi connectivity index (χ3n) is 4.51. The first-order valence-corrected chi connectivity index (χ1v) is 6.95. The van der Waals surface area contributed by atoms with Crippen LogP contribution in [-0.4, -0.2) is 18.9 Å². The molecular weight excluding hydrogens is 241 g/mol. The number of Topliss-reactive ketones (excluding diaryl/α,β-unsaturated/α-hetero) is 1. The van der Waals surface area contributed by atoms with Gasteiger partial charge in [-0.15, -0.1) is 0 Å². The Hall–Kier alpha value is -1.22. The molecule has 0 bridgehead atoms. The van der Waals surface area contributed by atoms with E-state index in [0.29, 0.717) is 12.3 Å². The molecule has 0 saturated carbocycles. The van der Waals surface area contributed by atoms with E-state index in [9.17, 15) is 9.18 Å². The Kier molecular flexibility index (Phi) is 4.04. The van der Waals surface area contributed by atoms with Gasteiger partial charge in [0.05, 0.1) is 0 Å². The Balaban J connectivity index is 2.22. The van der Waals surface area contributed by atoms with Crippen LogP contribution in [0.2, 0.25) is 0 Å². The molecule has 0 aromatic heterocycles. The normalized spacial score (nSPS) is 23.0. The van der Waals surface area contributed by atoms with Crippen LogP contribution in [0.25, 0.3) is 0 Å². The van der Waals surface area contributed by atoms with Crippen molar-refractivity contribution in [1.82, 2.24) is 5.32 Å². The number of nitrogens with one attached hydrogen (secondary N) is 1. The Bertz CT molecular complexity index is 476. The molecule has 2 nitrogen and oxygen atoms in total. The maximum Gasteiger partial charge on any atom is 0.144 e. The first kappa shape index (κ1) is 14.2. The standard InChI is InChI=1S/C16H22FNO/c1-11(2)16(6-7-18-10-16)15(19)9-13-8-14(17)5-4-12(13)3/h4-5,8,11,18H,6-7,9-10H2,1-3H3. The van der Waals surface area contributed by atoms with Crippen LogP contribution in [0.15, 0.2) is 18.2 Å². The van der Waals surface area contributed by atoms with Gasteiger partial charge >= 0.3 is 0 Å². The highest BCUT2D eigenvalue weighted by Gasteiger charge is 2.43. The van der Waals surface area contributed by atoms with Crippen molar-refractivity contribution in [2.75, 3.05) is 13.1 Å². The molecule has 104 valence electrons. The summed E-state index contributed by atoms with van der Waals surface area (Å²) in [4.78, 5) is 12.7. The van der Waals surface area contributed by atoms with Crippen LogP contribution in [0.5, 0.6) is 0 Å². The fraction of sp³-hybridized carbons (Fsp3) is 0.562. The number of hydrogen-bond acceptors (Lipinski definition) is 2. The van der Waals surface area contributed by atoms with Gasteiger partial charge in [0, 0.05) is 18.4 Å². The van der Waals surface area contributed by atoms with E-state index in [4.69, 9.17) is 0 Å². The summed E-state index contributed by atoms with van der Waals surface area (Å²) in [5.74, 6) is 0.279. The minimum Gasteiger partial charge on any atom is -0.316 e. The smallest absolute Gasteiger partial charge is 0.144 e. The van der Waals surface area contributed by atoms with E-state index in [0.717, 1.165) is 30.6 Å². The van der Waals surface area contributed by atoms with Crippen molar-refractivity contribution >= 4 is 5.78 Å². The number of halogens is 1. The predicted molar refractivity (Wildman–Crippen MR) is 74.6 cm³/mol. The van der Waals surface area contributed by atoms with Crippen LogP contribution < -0.4 is 5.32 Å². The second kappa shape index (κ2) is 5.41. The Morgan fingerprint density at radius 2 is 2.21 bits per heavy atom. The molecule has 1 N–H and O–H groups in total. The zero-order valence-electron chi connectivity index (χ0n) is 11.9. The highest BCUT2D eigenvalue weighted by atomic mass is 19.1. The lowest BCUT2D eigenvalue weighted by Gasteiger charge is -2.31. The van der Waals surface area contributed by atoms with E-state index in [1.165, 1.54) is 12.1 Å². The number of ketones is 1. The highest BCUT2D eigenvalue weighted by molar-refractivity contribution is 5.88. The van der Waals surface area contributed by atoms with Gasteiger partial charge in [0.2, 0.25) is 0 Å². The quantitative estimate of drug-likeness (QED) is 0.905. The summed E-state index contributed by atoms with van der Waals surface area (Å²) >= 11 is 0. The second-order valence-electron chi connectivity index (χ2n) is 5.91. The summed E-state index contributed by atoms with van der Waals surface area (Å²) in [6.45, 7) is 7.77. The SMILES string of the molecule is Cc1ccc(F)cc1CC(=O)C1(C(C)C)CCNC1. The summed E-state index contributed by atoms with van der Waals surface area (Å²) in [5, 5.41) is 3.29. The van der Waals surface area contributed by atoms with Crippen LogP contribution >= 0.6 is 0 Å². The third-order valence-corrected chi connectivity index (χ3v) is 4.51. The topological polar surface area (TPSA) is 29.1 Å². The maximum atomic E-state index is 13.3. The van der Waals surface area contributed by atoms with Crippen molar-refractivity contribution in [2.45, 2.75) is 33.6 Å². The monoisotopic (exact) mass is 263 g/mol. The minimum absolute atomic E-state index is 0.237. The molecule has 0 spiro atoms. The van der Waals surface area contributed by atoms with Gasteiger partial charge in [-0.3, -0.25) is 4.79 Å². The van der Waals surface area contributed by atoms with Gasteiger partial charge in [0.25, 0.3) is 0 Å². The fourth-order valence-corrected chi connectivity index (χ4v) is 2.94. The van der Waals surface area contributed by atoms with Crippen molar-refractivity contribution in [3.8, 4) is 0 Å². The molecule has 1 unspecified atom stereocenters. The lowest BCUT2D eigenvalue weighted by molar-refractivity contribution is -0.129.